The van der Waals surface area contributed by atoms with Crippen molar-refractivity contribution in [3.05, 3.63) is 63.0 Å². The topological polar surface area (TPSA) is 85.8 Å². The molecule has 2 heterocycles. The van der Waals surface area contributed by atoms with Crippen molar-refractivity contribution in [1.29, 1.82) is 0 Å². The summed E-state index contributed by atoms with van der Waals surface area (Å²) in [6.45, 7) is 4.27. The Morgan fingerprint density at radius 3 is 2.60 bits per heavy atom. The molecule has 0 atom stereocenters. The molecule has 0 fully saturated rings. The molecule has 1 aromatic carbocycles. The van der Waals surface area contributed by atoms with Crippen LogP contribution in [0.15, 0.2) is 28.8 Å². The molecule has 0 aliphatic heterocycles. The van der Waals surface area contributed by atoms with E-state index in [1.54, 1.807) is 16.8 Å². The van der Waals surface area contributed by atoms with E-state index in [-0.39, 0.29) is 12.4 Å². The zero-order valence-electron chi connectivity index (χ0n) is 13.6. The molecule has 0 aliphatic rings. The summed E-state index contributed by atoms with van der Waals surface area (Å²) in [6.07, 6.45) is 0. The van der Waals surface area contributed by atoms with E-state index in [0.717, 1.165) is 17.0 Å². The van der Waals surface area contributed by atoms with Crippen LogP contribution in [0.4, 0.5) is 0 Å². The highest BCUT2D eigenvalue weighted by Crippen LogP contribution is 2.19. The number of aryl methyl sites for hydroxylation is 1. The van der Waals surface area contributed by atoms with Crippen molar-refractivity contribution in [2.45, 2.75) is 26.9 Å². The number of carbonyl (C=O) groups excluding carboxylic acids is 1. The molecule has 9 heteroatoms. The predicted molar refractivity (Wildman–Crippen MR) is 92.7 cm³/mol. The summed E-state index contributed by atoms with van der Waals surface area (Å²) >= 11 is 11.9. The van der Waals surface area contributed by atoms with Gasteiger partial charge in [-0.15, -0.1) is 0 Å². The molecule has 2 aromatic heterocycles. The molecule has 3 rings (SSSR count). The van der Waals surface area contributed by atoms with E-state index >= 15 is 0 Å². The number of carbonyl (C=O) groups is 1. The Balaban J connectivity index is 1.63. The van der Waals surface area contributed by atoms with Crippen LogP contribution in [0.1, 0.15) is 33.5 Å². The first-order valence-electron chi connectivity index (χ1n) is 7.49. The number of nitrogens with one attached hydrogen (secondary N) is 1. The van der Waals surface area contributed by atoms with Crippen molar-refractivity contribution >= 4 is 29.1 Å². The minimum absolute atomic E-state index is 0.100. The Kier molecular flexibility index (Phi) is 5.06. The van der Waals surface area contributed by atoms with Crippen LogP contribution in [0, 0.1) is 13.8 Å². The maximum Gasteiger partial charge on any atom is 0.316 e. The van der Waals surface area contributed by atoms with Gasteiger partial charge in [-0.2, -0.15) is 10.1 Å². The molecule has 130 valence electrons. The highest BCUT2D eigenvalue weighted by molar-refractivity contribution is 6.31. The number of hydrogen-bond donors (Lipinski definition) is 1. The van der Waals surface area contributed by atoms with Gasteiger partial charge in [-0.1, -0.05) is 40.5 Å². The number of aromatic nitrogens is 4. The van der Waals surface area contributed by atoms with Gasteiger partial charge in [-0.25, -0.2) is 0 Å². The number of hydrogen-bond acceptors (Lipinski definition) is 5. The van der Waals surface area contributed by atoms with Crippen LogP contribution in [0.25, 0.3) is 0 Å². The van der Waals surface area contributed by atoms with Gasteiger partial charge in [0.1, 0.15) is 6.54 Å². The molecule has 25 heavy (non-hydrogen) atoms. The standard InChI is InChI=1S/C16H15Cl2N5O2/c1-9-14(18)10(2)23(21-9)8-13-20-16(25-22-13)15(24)19-7-11-3-5-12(17)6-4-11/h3-6H,7-8H2,1-2H3,(H,19,24). The molecule has 0 saturated heterocycles. The summed E-state index contributed by atoms with van der Waals surface area (Å²) in [7, 11) is 0. The minimum atomic E-state index is -0.444. The second kappa shape index (κ2) is 7.25. The van der Waals surface area contributed by atoms with E-state index in [1.165, 1.54) is 0 Å². The fourth-order valence-corrected chi connectivity index (χ4v) is 2.49. The molecular formula is C16H15Cl2N5O2. The SMILES string of the molecule is Cc1nn(Cc2noc(C(=O)NCc3ccc(Cl)cc3)n2)c(C)c1Cl. The van der Waals surface area contributed by atoms with Gasteiger partial charge in [0.05, 0.1) is 16.4 Å². The number of amides is 1. The Morgan fingerprint density at radius 1 is 1.24 bits per heavy atom. The molecule has 1 N–H and O–H groups in total. The quantitative estimate of drug-likeness (QED) is 0.735. The highest BCUT2D eigenvalue weighted by atomic mass is 35.5. The van der Waals surface area contributed by atoms with Gasteiger partial charge in [0.2, 0.25) is 0 Å². The van der Waals surface area contributed by atoms with Crippen LogP contribution in [-0.4, -0.2) is 25.8 Å². The number of halogens is 2. The van der Waals surface area contributed by atoms with Crippen LogP contribution in [-0.2, 0) is 13.1 Å². The lowest BCUT2D eigenvalue weighted by molar-refractivity contribution is 0.0907. The first kappa shape index (κ1) is 17.4. The molecule has 3 aromatic rings. The van der Waals surface area contributed by atoms with Crippen molar-refractivity contribution in [1.82, 2.24) is 25.2 Å². The smallest absolute Gasteiger partial charge is 0.316 e. The molecule has 0 aliphatic carbocycles. The van der Waals surface area contributed by atoms with E-state index < -0.39 is 5.91 Å². The molecule has 0 saturated carbocycles. The van der Waals surface area contributed by atoms with Crippen molar-refractivity contribution in [2.75, 3.05) is 0 Å². The largest absolute Gasteiger partial charge is 0.344 e. The number of rotatable bonds is 5. The zero-order chi connectivity index (χ0) is 18.0. The molecule has 0 spiro atoms. The normalized spacial score (nSPS) is 10.9. The van der Waals surface area contributed by atoms with Crippen LogP contribution in [0.2, 0.25) is 10.0 Å². The summed E-state index contributed by atoms with van der Waals surface area (Å²) < 4.78 is 6.68. The summed E-state index contributed by atoms with van der Waals surface area (Å²) in [4.78, 5) is 16.2. The molecule has 0 bridgehead atoms. The average molecular weight is 380 g/mol. The van der Waals surface area contributed by atoms with Crippen molar-refractivity contribution < 1.29 is 9.32 Å². The molecule has 0 radical (unpaired) electrons. The average Bonchev–Trinajstić information content (AvgIpc) is 3.16. The van der Waals surface area contributed by atoms with Gasteiger partial charge < -0.3 is 9.84 Å². The van der Waals surface area contributed by atoms with E-state index in [0.29, 0.717) is 22.4 Å². The lowest BCUT2D eigenvalue weighted by atomic mass is 10.2. The Bertz CT molecular complexity index is 902. The van der Waals surface area contributed by atoms with Crippen LogP contribution >= 0.6 is 23.2 Å². The molecule has 1 amide bonds. The third kappa shape index (κ3) is 4.00. The van der Waals surface area contributed by atoms with Crippen LogP contribution in [0.5, 0.6) is 0 Å². The second-order valence-corrected chi connectivity index (χ2v) is 6.28. The first-order valence-corrected chi connectivity index (χ1v) is 8.24. The first-order chi connectivity index (χ1) is 11.9. The van der Waals surface area contributed by atoms with E-state index in [4.69, 9.17) is 27.7 Å². The summed E-state index contributed by atoms with van der Waals surface area (Å²) in [6, 6.07) is 7.17. The molecular weight excluding hydrogens is 365 g/mol. The summed E-state index contributed by atoms with van der Waals surface area (Å²) in [5, 5.41) is 12.1. The lowest BCUT2D eigenvalue weighted by Gasteiger charge is -2.02. The number of nitrogens with zero attached hydrogens (tertiary/aromatic N) is 4. The van der Waals surface area contributed by atoms with Gasteiger partial charge >= 0.3 is 11.8 Å². The molecule has 7 nitrogen and oxygen atoms in total. The number of benzene rings is 1. The van der Waals surface area contributed by atoms with Crippen molar-refractivity contribution in [3.63, 3.8) is 0 Å². The molecule has 0 unspecified atom stereocenters. The van der Waals surface area contributed by atoms with Crippen LogP contribution < -0.4 is 5.32 Å². The van der Waals surface area contributed by atoms with E-state index in [1.807, 2.05) is 26.0 Å². The summed E-state index contributed by atoms with van der Waals surface area (Å²) in [5.41, 5.74) is 2.44. The predicted octanol–water partition coefficient (Wildman–Crippen LogP) is 3.17. The van der Waals surface area contributed by atoms with E-state index in [2.05, 4.69) is 20.6 Å². The minimum Gasteiger partial charge on any atom is -0.344 e. The van der Waals surface area contributed by atoms with Gasteiger partial charge in [-0.3, -0.25) is 9.48 Å². The monoisotopic (exact) mass is 379 g/mol. The third-order valence-electron chi connectivity index (χ3n) is 3.61. The maximum absolute atomic E-state index is 12.1. The van der Waals surface area contributed by atoms with Gasteiger partial charge in [0, 0.05) is 11.6 Å². The maximum atomic E-state index is 12.1. The third-order valence-corrected chi connectivity index (χ3v) is 4.41. The van der Waals surface area contributed by atoms with Crippen molar-refractivity contribution in [3.8, 4) is 0 Å². The van der Waals surface area contributed by atoms with Gasteiger partial charge in [-0.05, 0) is 31.5 Å². The van der Waals surface area contributed by atoms with Crippen molar-refractivity contribution in [2.24, 2.45) is 0 Å². The Hall–Kier alpha value is -2.38. The lowest BCUT2D eigenvalue weighted by Crippen LogP contribution is -2.23. The summed E-state index contributed by atoms with van der Waals surface area (Å²) in [5.74, 6) is -0.199. The Labute approximate surface area is 153 Å². The van der Waals surface area contributed by atoms with Gasteiger partial charge in [0.15, 0.2) is 5.82 Å². The van der Waals surface area contributed by atoms with Crippen LogP contribution in [0.3, 0.4) is 0 Å². The fraction of sp³-hybridized carbons (Fsp3) is 0.250. The zero-order valence-corrected chi connectivity index (χ0v) is 15.1. The highest BCUT2D eigenvalue weighted by Gasteiger charge is 2.17. The van der Waals surface area contributed by atoms with Gasteiger partial charge in [0.25, 0.3) is 0 Å². The second-order valence-electron chi connectivity index (χ2n) is 5.47. The fourth-order valence-electron chi connectivity index (χ4n) is 2.23. The Morgan fingerprint density at radius 2 is 1.96 bits per heavy atom. The van der Waals surface area contributed by atoms with E-state index in [9.17, 15) is 4.79 Å².